The van der Waals surface area contributed by atoms with Gasteiger partial charge in [-0.15, -0.1) is 5.10 Å². The predicted molar refractivity (Wildman–Crippen MR) is 65.5 cm³/mol. The van der Waals surface area contributed by atoms with Crippen LogP contribution in [0.3, 0.4) is 0 Å². The number of benzene rings is 1. The summed E-state index contributed by atoms with van der Waals surface area (Å²) in [7, 11) is 0. The van der Waals surface area contributed by atoms with Gasteiger partial charge in [-0.25, -0.2) is 14.5 Å². The number of thioether (sulfide) groups is 1. The van der Waals surface area contributed by atoms with Gasteiger partial charge in [0, 0.05) is 0 Å². The van der Waals surface area contributed by atoms with E-state index in [0.29, 0.717) is 0 Å². The number of H-pyrrole nitrogens is 1. The lowest BCUT2D eigenvalue weighted by Crippen LogP contribution is -2.16. The van der Waals surface area contributed by atoms with E-state index in [-0.39, 0.29) is 16.6 Å². The van der Waals surface area contributed by atoms with Crippen molar-refractivity contribution >= 4 is 11.8 Å². The van der Waals surface area contributed by atoms with Crippen LogP contribution in [-0.4, -0.2) is 20.5 Å². The van der Waals surface area contributed by atoms with Gasteiger partial charge in [0.2, 0.25) is 0 Å². The molecule has 0 spiro atoms. The number of nitriles is 1. The number of aromatic amines is 1. The smallest absolute Gasteiger partial charge is 0.246 e. The SMILES string of the molecule is N#CCSc1n[nH]c(=O)n1-c1cccc(C(F)(F)F)c1. The van der Waals surface area contributed by atoms with E-state index in [9.17, 15) is 18.0 Å². The molecule has 1 heterocycles. The number of rotatable bonds is 3. The van der Waals surface area contributed by atoms with Crippen LogP contribution < -0.4 is 5.69 Å². The van der Waals surface area contributed by atoms with Crippen molar-refractivity contribution in [3.05, 3.63) is 40.3 Å². The van der Waals surface area contributed by atoms with Crippen molar-refractivity contribution in [1.29, 1.82) is 5.26 Å². The van der Waals surface area contributed by atoms with Gasteiger partial charge in [0.15, 0.2) is 5.16 Å². The van der Waals surface area contributed by atoms with E-state index in [4.69, 9.17) is 5.26 Å². The lowest BCUT2D eigenvalue weighted by molar-refractivity contribution is -0.137. The Balaban J connectivity index is 2.50. The van der Waals surface area contributed by atoms with Crippen LogP contribution in [0.25, 0.3) is 5.69 Å². The highest BCUT2D eigenvalue weighted by Gasteiger charge is 2.30. The molecule has 20 heavy (non-hydrogen) atoms. The quantitative estimate of drug-likeness (QED) is 0.882. The second kappa shape index (κ2) is 5.42. The maximum absolute atomic E-state index is 12.7. The highest BCUT2D eigenvalue weighted by atomic mass is 32.2. The lowest BCUT2D eigenvalue weighted by atomic mass is 10.2. The minimum atomic E-state index is -4.50. The van der Waals surface area contributed by atoms with Crippen molar-refractivity contribution in [2.24, 2.45) is 0 Å². The van der Waals surface area contributed by atoms with Crippen molar-refractivity contribution in [2.45, 2.75) is 11.3 Å². The molecule has 0 saturated carbocycles. The molecule has 0 saturated heterocycles. The van der Waals surface area contributed by atoms with E-state index in [2.05, 4.69) is 10.2 Å². The Morgan fingerprint density at radius 1 is 1.45 bits per heavy atom. The van der Waals surface area contributed by atoms with Crippen LogP contribution in [0, 0.1) is 11.3 Å². The zero-order valence-corrected chi connectivity index (χ0v) is 10.6. The molecular formula is C11H7F3N4OS. The van der Waals surface area contributed by atoms with Gasteiger partial charge in [-0.1, -0.05) is 17.8 Å². The molecule has 2 rings (SSSR count). The van der Waals surface area contributed by atoms with Gasteiger partial charge in [-0.05, 0) is 18.2 Å². The number of nitrogens with zero attached hydrogens (tertiary/aromatic N) is 3. The largest absolute Gasteiger partial charge is 0.416 e. The molecule has 0 aliphatic rings. The molecule has 0 radical (unpaired) electrons. The van der Waals surface area contributed by atoms with E-state index in [1.165, 1.54) is 12.1 Å². The molecule has 0 aliphatic carbocycles. The Morgan fingerprint density at radius 3 is 2.85 bits per heavy atom. The highest BCUT2D eigenvalue weighted by Crippen LogP contribution is 2.30. The van der Waals surface area contributed by atoms with Crippen molar-refractivity contribution in [3.8, 4) is 11.8 Å². The molecule has 2 aromatic rings. The summed E-state index contributed by atoms with van der Waals surface area (Å²) in [6, 6.07) is 6.19. The third-order valence-corrected chi connectivity index (χ3v) is 3.14. The molecule has 0 unspecified atom stereocenters. The Bertz CT molecular complexity index is 713. The minimum Gasteiger partial charge on any atom is -0.246 e. The maximum atomic E-state index is 12.7. The van der Waals surface area contributed by atoms with Gasteiger partial charge in [-0.2, -0.15) is 18.4 Å². The number of nitrogens with one attached hydrogen (secondary N) is 1. The van der Waals surface area contributed by atoms with Crippen LogP contribution >= 0.6 is 11.8 Å². The summed E-state index contributed by atoms with van der Waals surface area (Å²) in [6.45, 7) is 0. The molecular weight excluding hydrogens is 293 g/mol. The Kier molecular flexibility index (Phi) is 3.85. The Hall–Kier alpha value is -2.21. The first-order chi connectivity index (χ1) is 9.43. The number of aromatic nitrogens is 3. The van der Waals surface area contributed by atoms with Gasteiger partial charge in [0.1, 0.15) is 0 Å². The second-order valence-electron chi connectivity index (χ2n) is 3.64. The molecule has 0 atom stereocenters. The summed E-state index contributed by atoms with van der Waals surface area (Å²) in [5, 5.41) is 14.5. The van der Waals surface area contributed by atoms with E-state index in [0.717, 1.165) is 28.5 Å². The van der Waals surface area contributed by atoms with E-state index in [1.807, 2.05) is 6.07 Å². The van der Waals surface area contributed by atoms with E-state index < -0.39 is 17.4 Å². The van der Waals surface area contributed by atoms with E-state index >= 15 is 0 Å². The fraction of sp³-hybridized carbons (Fsp3) is 0.182. The summed E-state index contributed by atoms with van der Waals surface area (Å²) >= 11 is 0.954. The van der Waals surface area contributed by atoms with Gasteiger partial charge < -0.3 is 0 Å². The number of hydrogen-bond donors (Lipinski definition) is 1. The zero-order valence-electron chi connectivity index (χ0n) is 9.81. The summed E-state index contributed by atoms with van der Waals surface area (Å²) < 4.78 is 39.0. The molecule has 5 nitrogen and oxygen atoms in total. The molecule has 1 N–H and O–H groups in total. The molecule has 0 bridgehead atoms. The van der Waals surface area contributed by atoms with Crippen LogP contribution in [0.4, 0.5) is 13.2 Å². The zero-order chi connectivity index (χ0) is 14.8. The van der Waals surface area contributed by atoms with Crippen molar-refractivity contribution < 1.29 is 13.2 Å². The Labute approximate surface area is 115 Å². The molecule has 104 valence electrons. The first kappa shape index (κ1) is 14.2. The topological polar surface area (TPSA) is 74.5 Å². The maximum Gasteiger partial charge on any atom is 0.416 e. The minimum absolute atomic E-state index is 0.0310. The van der Waals surface area contributed by atoms with Crippen LogP contribution in [0.5, 0.6) is 0 Å². The Morgan fingerprint density at radius 2 is 2.20 bits per heavy atom. The fourth-order valence-corrected chi connectivity index (χ4v) is 2.15. The summed E-state index contributed by atoms with van der Waals surface area (Å²) in [5.74, 6) is 0.0310. The molecule has 9 heteroatoms. The van der Waals surface area contributed by atoms with Crippen LogP contribution in [0.15, 0.2) is 34.2 Å². The normalized spacial score (nSPS) is 11.3. The highest BCUT2D eigenvalue weighted by molar-refractivity contribution is 7.99. The number of hydrogen-bond acceptors (Lipinski definition) is 4. The first-order valence-corrected chi connectivity index (χ1v) is 6.27. The van der Waals surface area contributed by atoms with Crippen LogP contribution in [0.2, 0.25) is 0 Å². The first-order valence-electron chi connectivity index (χ1n) is 5.28. The number of alkyl halides is 3. The fourth-order valence-electron chi connectivity index (χ4n) is 1.53. The molecule has 0 aliphatic heterocycles. The average Bonchev–Trinajstić information content (AvgIpc) is 2.76. The predicted octanol–water partition coefficient (Wildman–Crippen LogP) is 2.20. The standard InChI is InChI=1S/C11H7F3N4OS/c12-11(13,14)7-2-1-3-8(6-7)18-9(19)16-17-10(18)20-5-4-15/h1-3,6H,5H2,(H,16,19). The van der Waals surface area contributed by atoms with Crippen LogP contribution in [-0.2, 0) is 6.18 Å². The van der Waals surface area contributed by atoms with Gasteiger partial charge in [-0.3, -0.25) is 0 Å². The molecule has 1 aromatic heterocycles. The third-order valence-electron chi connectivity index (χ3n) is 2.34. The average molecular weight is 300 g/mol. The summed E-state index contributed by atoms with van der Waals surface area (Å²) in [4.78, 5) is 11.6. The second-order valence-corrected chi connectivity index (χ2v) is 4.58. The van der Waals surface area contributed by atoms with Gasteiger partial charge in [0.05, 0.1) is 23.1 Å². The lowest BCUT2D eigenvalue weighted by Gasteiger charge is -2.09. The summed E-state index contributed by atoms with van der Waals surface area (Å²) in [5.41, 5.74) is -1.48. The van der Waals surface area contributed by atoms with Crippen molar-refractivity contribution in [2.75, 3.05) is 5.75 Å². The van der Waals surface area contributed by atoms with Crippen molar-refractivity contribution in [1.82, 2.24) is 14.8 Å². The van der Waals surface area contributed by atoms with Gasteiger partial charge in [0.25, 0.3) is 0 Å². The molecule has 0 fully saturated rings. The van der Waals surface area contributed by atoms with Crippen molar-refractivity contribution in [3.63, 3.8) is 0 Å². The number of halogens is 3. The van der Waals surface area contributed by atoms with E-state index in [1.54, 1.807) is 0 Å². The third kappa shape index (κ3) is 2.85. The van der Waals surface area contributed by atoms with Crippen LogP contribution in [0.1, 0.15) is 5.56 Å². The summed E-state index contributed by atoms with van der Waals surface area (Å²) in [6.07, 6.45) is -4.50. The van der Waals surface area contributed by atoms with Gasteiger partial charge >= 0.3 is 11.9 Å². The molecule has 1 aromatic carbocycles. The monoisotopic (exact) mass is 300 g/mol. The molecule has 0 amide bonds.